The highest BCUT2D eigenvalue weighted by Crippen LogP contribution is 2.35. The summed E-state index contributed by atoms with van der Waals surface area (Å²) >= 11 is 0. The molecule has 0 saturated carbocycles. The fraction of sp³-hybridized carbons (Fsp3) is 0.250. The third kappa shape index (κ3) is 5.43. The molecule has 3 aromatic rings. The van der Waals surface area contributed by atoms with Crippen LogP contribution in [0.3, 0.4) is 0 Å². The Labute approximate surface area is 183 Å². The Morgan fingerprint density at radius 2 is 1.78 bits per heavy atom. The molecule has 168 valence electrons. The summed E-state index contributed by atoms with van der Waals surface area (Å²) in [7, 11) is 0. The van der Waals surface area contributed by atoms with Crippen LogP contribution < -0.4 is 10.6 Å². The van der Waals surface area contributed by atoms with Crippen molar-refractivity contribution in [1.29, 1.82) is 0 Å². The van der Waals surface area contributed by atoms with Crippen molar-refractivity contribution in [3.05, 3.63) is 88.4 Å². The zero-order valence-electron chi connectivity index (χ0n) is 17.8. The molecular formula is C24H23F4N3O. The van der Waals surface area contributed by atoms with Gasteiger partial charge in [-0.1, -0.05) is 32.0 Å². The molecule has 0 atom stereocenters. The number of halogens is 4. The summed E-state index contributed by atoms with van der Waals surface area (Å²) < 4.78 is 52.6. The second kappa shape index (κ2) is 9.38. The summed E-state index contributed by atoms with van der Waals surface area (Å²) in [6.07, 6.45) is -3.05. The number of carbonyl (C=O) groups is 1. The average Bonchev–Trinajstić information content (AvgIpc) is 2.73. The number of pyridine rings is 1. The van der Waals surface area contributed by atoms with E-state index in [0.29, 0.717) is 16.9 Å². The lowest BCUT2D eigenvalue weighted by molar-refractivity contribution is -0.138. The standard InChI is InChI=1S/C24H23F4N3O/c1-14(2)18-11-22(31-21-6-4-5-20(15(21)3)24(26,27)28)29-13-19(18)23(32)30-12-16-7-9-17(25)10-8-16/h4-11,13-14H,12H2,1-3H3,(H,29,31)(H,30,32). The Kier molecular flexibility index (Phi) is 6.81. The maximum Gasteiger partial charge on any atom is 0.416 e. The first-order valence-corrected chi connectivity index (χ1v) is 10.0. The van der Waals surface area contributed by atoms with E-state index in [4.69, 9.17) is 0 Å². The van der Waals surface area contributed by atoms with Gasteiger partial charge in [0.2, 0.25) is 0 Å². The lowest BCUT2D eigenvalue weighted by atomic mass is 9.98. The van der Waals surface area contributed by atoms with Crippen LogP contribution in [-0.4, -0.2) is 10.9 Å². The van der Waals surface area contributed by atoms with E-state index in [1.807, 2.05) is 13.8 Å². The molecule has 4 nitrogen and oxygen atoms in total. The molecule has 2 N–H and O–H groups in total. The number of rotatable bonds is 6. The highest BCUT2D eigenvalue weighted by atomic mass is 19.4. The number of anilines is 2. The SMILES string of the molecule is Cc1c(Nc2cc(C(C)C)c(C(=O)NCc3ccc(F)cc3)cn2)cccc1C(F)(F)F. The molecule has 0 saturated heterocycles. The second-order valence-corrected chi connectivity index (χ2v) is 7.72. The van der Waals surface area contributed by atoms with Crippen LogP contribution >= 0.6 is 0 Å². The molecule has 0 bridgehead atoms. The van der Waals surface area contributed by atoms with Gasteiger partial charge in [0.05, 0.1) is 11.1 Å². The van der Waals surface area contributed by atoms with Crippen molar-refractivity contribution in [1.82, 2.24) is 10.3 Å². The molecule has 0 radical (unpaired) electrons. The zero-order chi connectivity index (χ0) is 23.5. The quantitative estimate of drug-likeness (QED) is 0.435. The summed E-state index contributed by atoms with van der Waals surface area (Å²) in [4.78, 5) is 17.0. The van der Waals surface area contributed by atoms with Crippen molar-refractivity contribution >= 4 is 17.4 Å². The van der Waals surface area contributed by atoms with Gasteiger partial charge < -0.3 is 10.6 Å². The number of nitrogens with one attached hydrogen (secondary N) is 2. The van der Waals surface area contributed by atoms with E-state index < -0.39 is 11.7 Å². The monoisotopic (exact) mass is 445 g/mol. The lowest BCUT2D eigenvalue weighted by Crippen LogP contribution is -2.24. The number of carbonyl (C=O) groups excluding carboxylic acids is 1. The van der Waals surface area contributed by atoms with E-state index in [-0.39, 0.29) is 35.4 Å². The second-order valence-electron chi connectivity index (χ2n) is 7.72. The minimum absolute atomic E-state index is 0.0345. The fourth-order valence-electron chi connectivity index (χ4n) is 3.30. The van der Waals surface area contributed by atoms with Crippen LogP contribution in [0.4, 0.5) is 29.1 Å². The molecule has 0 aliphatic rings. The molecule has 1 amide bonds. The van der Waals surface area contributed by atoms with Gasteiger partial charge in [-0.3, -0.25) is 4.79 Å². The molecule has 0 fully saturated rings. The van der Waals surface area contributed by atoms with Crippen LogP contribution in [0.1, 0.15) is 52.4 Å². The highest BCUT2D eigenvalue weighted by Gasteiger charge is 2.33. The van der Waals surface area contributed by atoms with Gasteiger partial charge in [0.25, 0.3) is 5.91 Å². The first-order valence-electron chi connectivity index (χ1n) is 10.0. The number of hydrogen-bond donors (Lipinski definition) is 2. The molecule has 3 rings (SSSR count). The number of alkyl halides is 3. The predicted octanol–water partition coefficient (Wildman–Crippen LogP) is 6.34. The number of nitrogens with zero attached hydrogens (tertiary/aromatic N) is 1. The van der Waals surface area contributed by atoms with E-state index >= 15 is 0 Å². The summed E-state index contributed by atoms with van der Waals surface area (Å²) in [6.45, 7) is 5.43. The molecule has 0 aliphatic heterocycles. The van der Waals surface area contributed by atoms with E-state index in [0.717, 1.165) is 11.6 Å². The van der Waals surface area contributed by atoms with Gasteiger partial charge in [0, 0.05) is 18.4 Å². The molecular weight excluding hydrogens is 422 g/mol. The van der Waals surface area contributed by atoms with Crippen LogP contribution in [0.2, 0.25) is 0 Å². The van der Waals surface area contributed by atoms with Gasteiger partial charge in [-0.25, -0.2) is 9.37 Å². The summed E-state index contributed by atoms with van der Waals surface area (Å²) in [5, 5.41) is 5.72. The van der Waals surface area contributed by atoms with E-state index in [1.54, 1.807) is 24.3 Å². The van der Waals surface area contributed by atoms with Crippen molar-refractivity contribution in [3.63, 3.8) is 0 Å². The normalized spacial score (nSPS) is 11.5. The predicted molar refractivity (Wildman–Crippen MR) is 115 cm³/mol. The molecule has 0 unspecified atom stereocenters. The molecule has 0 spiro atoms. The maximum absolute atomic E-state index is 13.2. The number of hydrogen-bond acceptors (Lipinski definition) is 3. The molecule has 2 aromatic carbocycles. The summed E-state index contributed by atoms with van der Waals surface area (Å²) in [5.41, 5.74) is 1.45. The van der Waals surface area contributed by atoms with Crippen LogP contribution in [-0.2, 0) is 12.7 Å². The van der Waals surface area contributed by atoms with Crippen molar-refractivity contribution in [3.8, 4) is 0 Å². The van der Waals surface area contributed by atoms with Crippen molar-refractivity contribution in [2.45, 2.75) is 39.4 Å². The van der Waals surface area contributed by atoms with E-state index in [9.17, 15) is 22.4 Å². The molecule has 1 heterocycles. The molecule has 1 aromatic heterocycles. The van der Waals surface area contributed by atoms with Crippen molar-refractivity contribution in [2.24, 2.45) is 0 Å². The van der Waals surface area contributed by atoms with Crippen LogP contribution in [0.25, 0.3) is 0 Å². The van der Waals surface area contributed by atoms with Crippen LogP contribution in [0.5, 0.6) is 0 Å². The Hall–Kier alpha value is -3.42. The number of benzene rings is 2. The zero-order valence-corrected chi connectivity index (χ0v) is 17.8. The van der Waals surface area contributed by atoms with Gasteiger partial charge in [-0.15, -0.1) is 0 Å². The fourth-order valence-corrected chi connectivity index (χ4v) is 3.30. The Morgan fingerprint density at radius 3 is 2.41 bits per heavy atom. The van der Waals surface area contributed by atoms with Crippen molar-refractivity contribution < 1.29 is 22.4 Å². The van der Waals surface area contributed by atoms with Gasteiger partial charge in [-0.2, -0.15) is 13.2 Å². The topological polar surface area (TPSA) is 54.0 Å². The molecule has 32 heavy (non-hydrogen) atoms. The first kappa shape index (κ1) is 23.2. The summed E-state index contributed by atoms with van der Waals surface area (Å²) in [6, 6.07) is 11.4. The van der Waals surface area contributed by atoms with E-state index in [1.165, 1.54) is 31.3 Å². The number of amides is 1. The average molecular weight is 445 g/mol. The summed E-state index contributed by atoms with van der Waals surface area (Å²) in [5.74, 6) is -0.392. The van der Waals surface area contributed by atoms with Crippen LogP contribution in [0.15, 0.2) is 54.7 Å². The maximum atomic E-state index is 13.2. The highest BCUT2D eigenvalue weighted by molar-refractivity contribution is 5.95. The van der Waals surface area contributed by atoms with Crippen LogP contribution in [0, 0.1) is 12.7 Å². The number of aromatic nitrogens is 1. The third-order valence-corrected chi connectivity index (χ3v) is 5.07. The smallest absolute Gasteiger partial charge is 0.348 e. The van der Waals surface area contributed by atoms with Gasteiger partial charge in [0.15, 0.2) is 0 Å². The Balaban J connectivity index is 1.82. The minimum Gasteiger partial charge on any atom is -0.348 e. The van der Waals surface area contributed by atoms with Gasteiger partial charge in [0.1, 0.15) is 11.6 Å². The van der Waals surface area contributed by atoms with Crippen molar-refractivity contribution in [2.75, 3.05) is 5.32 Å². The lowest BCUT2D eigenvalue weighted by Gasteiger charge is -2.17. The molecule has 8 heteroatoms. The third-order valence-electron chi connectivity index (χ3n) is 5.07. The van der Waals surface area contributed by atoms with E-state index in [2.05, 4.69) is 15.6 Å². The Bertz CT molecular complexity index is 1110. The van der Waals surface area contributed by atoms with Gasteiger partial charge >= 0.3 is 6.18 Å². The first-order chi connectivity index (χ1) is 15.1. The Morgan fingerprint density at radius 1 is 1.09 bits per heavy atom. The largest absolute Gasteiger partial charge is 0.416 e. The van der Waals surface area contributed by atoms with Gasteiger partial charge in [-0.05, 0) is 59.9 Å². The molecule has 0 aliphatic carbocycles. The minimum atomic E-state index is -4.45.